The molecule has 0 saturated carbocycles. The van der Waals surface area contributed by atoms with E-state index in [0.29, 0.717) is 6.54 Å². The van der Waals surface area contributed by atoms with Crippen LogP contribution in [0.1, 0.15) is 11.3 Å². The van der Waals surface area contributed by atoms with Crippen LogP contribution in [0.4, 0.5) is 0 Å². The molecule has 6 nitrogen and oxygen atoms in total. The summed E-state index contributed by atoms with van der Waals surface area (Å²) in [6, 6.07) is 9.57. The zero-order chi connectivity index (χ0) is 17.8. The predicted octanol–water partition coefficient (Wildman–Crippen LogP) is 2.01. The Morgan fingerprint density at radius 3 is 2.92 bits per heavy atom. The molecular formula is C19H21N3O3. The average Bonchev–Trinajstić information content (AvgIpc) is 3.01. The smallest absolute Gasteiger partial charge is 0.239 e. The molecule has 3 aromatic rings. The zero-order valence-corrected chi connectivity index (χ0v) is 14.3. The van der Waals surface area contributed by atoms with Gasteiger partial charge in [0.1, 0.15) is 6.54 Å². The van der Waals surface area contributed by atoms with E-state index in [0.717, 1.165) is 17.6 Å². The highest BCUT2D eigenvalue weighted by Crippen LogP contribution is 2.17. The second kappa shape index (κ2) is 7.25. The highest BCUT2D eigenvalue weighted by atomic mass is 16.5. The number of amides is 1. The van der Waals surface area contributed by atoms with Crippen LogP contribution in [0.5, 0.6) is 5.75 Å². The van der Waals surface area contributed by atoms with Gasteiger partial charge >= 0.3 is 0 Å². The number of fused-ring (bicyclic) bond motifs is 1. The third-order valence-corrected chi connectivity index (χ3v) is 4.23. The van der Waals surface area contributed by atoms with Crippen LogP contribution >= 0.6 is 0 Å². The minimum absolute atomic E-state index is 0.103. The summed E-state index contributed by atoms with van der Waals surface area (Å²) in [6.07, 6.45) is 4.30. The lowest BCUT2D eigenvalue weighted by Gasteiger charge is -2.12. The molecule has 130 valence electrons. The van der Waals surface area contributed by atoms with Gasteiger partial charge in [0.05, 0.1) is 13.3 Å². The van der Waals surface area contributed by atoms with Gasteiger partial charge in [-0.3, -0.25) is 9.59 Å². The number of hydrogen-bond donors (Lipinski definition) is 2. The molecule has 0 radical (unpaired) electrons. The number of aryl methyl sites for hydroxylation is 1. The summed E-state index contributed by atoms with van der Waals surface area (Å²) >= 11 is 0. The molecule has 0 spiro atoms. The van der Waals surface area contributed by atoms with Crippen molar-refractivity contribution in [3.63, 3.8) is 0 Å². The number of aromatic nitrogens is 2. The van der Waals surface area contributed by atoms with E-state index in [2.05, 4.69) is 16.4 Å². The quantitative estimate of drug-likeness (QED) is 0.721. The lowest BCUT2D eigenvalue weighted by Crippen LogP contribution is -2.30. The minimum Gasteiger partial charge on any atom is -0.491 e. The molecule has 0 unspecified atom stereocenters. The molecule has 2 aromatic heterocycles. The number of para-hydroxylation sites is 1. The molecule has 2 N–H and O–H groups in total. The third kappa shape index (κ3) is 3.74. The number of aromatic amines is 1. The van der Waals surface area contributed by atoms with Crippen molar-refractivity contribution in [2.45, 2.75) is 19.9 Å². The molecule has 0 aliphatic rings. The Bertz CT molecular complexity index is 956. The van der Waals surface area contributed by atoms with Gasteiger partial charge in [0.25, 0.3) is 0 Å². The van der Waals surface area contributed by atoms with Gasteiger partial charge in [0.15, 0.2) is 5.75 Å². The van der Waals surface area contributed by atoms with Crippen molar-refractivity contribution >= 4 is 16.8 Å². The molecular weight excluding hydrogens is 318 g/mol. The largest absolute Gasteiger partial charge is 0.491 e. The van der Waals surface area contributed by atoms with E-state index in [-0.39, 0.29) is 23.6 Å². The van der Waals surface area contributed by atoms with Crippen LogP contribution in [0, 0.1) is 6.92 Å². The van der Waals surface area contributed by atoms with Crippen molar-refractivity contribution < 1.29 is 9.53 Å². The van der Waals surface area contributed by atoms with E-state index in [1.807, 2.05) is 24.4 Å². The summed E-state index contributed by atoms with van der Waals surface area (Å²) in [7, 11) is 1.44. The minimum atomic E-state index is -0.184. The van der Waals surface area contributed by atoms with Gasteiger partial charge in [-0.05, 0) is 25.0 Å². The number of carbonyl (C=O) groups excluding carboxylic acids is 1. The molecule has 2 heterocycles. The Balaban J connectivity index is 1.59. The Hall–Kier alpha value is -3.02. The summed E-state index contributed by atoms with van der Waals surface area (Å²) < 4.78 is 6.73. The number of methoxy groups -OCH3 is 1. The van der Waals surface area contributed by atoms with E-state index >= 15 is 0 Å². The lowest BCUT2D eigenvalue weighted by molar-refractivity contribution is -0.121. The fourth-order valence-electron chi connectivity index (χ4n) is 2.86. The van der Waals surface area contributed by atoms with E-state index < -0.39 is 0 Å². The zero-order valence-electron chi connectivity index (χ0n) is 14.3. The Morgan fingerprint density at radius 1 is 1.32 bits per heavy atom. The van der Waals surface area contributed by atoms with Gasteiger partial charge in [-0.1, -0.05) is 18.2 Å². The number of pyridine rings is 1. The highest BCUT2D eigenvalue weighted by molar-refractivity contribution is 5.83. The standard InChI is InChI=1S/C19H21N3O3/c1-13-9-17(23)18(25-2)11-22(13)12-19(24)20-8-7-14-10-21-16-6-4-3-5-15(14)16/h3-6,9-11,21H,7-8,12H2,1-2H3,(H,20,24). The number of ether oxygens (including phenoxy) is 1. The van der Waals surface area contributed by atoms with Crippen molar-refractivity contribution in [3.05, 3.63) is 64.2 Å². The third-order valence-electron chi connectivity index (χ3n) is 4.23. The first kappa shape index (κ1) is 16.8. The molecule has 1 amide bonds. The van der Waals surface area contributed by atoms with Crippen molar-refractivity contribution in [2.75, 3.05) is 13.7 Å². The molecule has 0 saturated heterocycles. The molecule has 3 rings (SSSR count). The second-order valence-corrected chi connectivity index (χ2v) is 5.93. The number of benzene rings is 1. The maximum Gasteiger partial charge on any atom is 0.239 e. The summed E-state index contributed by atoms with van der Waals surface area (Å²) in [4.78, 5) is 27.1. The Labute approximate surface area is 145 Å². The van der Waals surface area contributed by atoms with E-state index in [1.165, 1.54) is 24.1 Å². The van der Waals surface area contributed by atoms with E-state index in [4.69, 9.17) is 4.74 Å². The normalized spacial score (nSPS) is 10.8. The molecule has 6 heteroatoms. The summed E-state index contributed by atoms with van der Waals surface area (Å²) in [5.41, 5.74) is 2.81. The van der Waals surface area contributed by atoms with Gasteiger partial charge in [0, 0.05) is 35.4 Å². The maximum absolute atomic E-state index is 12.2. The van der Waals surface area contributed by atoms with E-state index in [1.54, 1.807) is 17.7 Å². The fourth-order valence-corrected chi connectivity index (χ4v) is 2.86. The molecule has 0 aliphatic heterocycles. The topological polar surface area (TPSA) is 76.1 Å². The molecule has 0 atom stereocenters. The molecule has 0 fully saturated rings. The van der Waals surface area contributed by atoms with Crippen molar-refractivity contribution in [1.82, 2.24) is 14.9 Å². The molecule has 1 aromatic carbocycles. The number of nitrogens with zero attached hydrogens (tertiary/aromatic N) is 1. The van der Waals surface area contributed by atoms with Gasteiger partial charge < -0.3 is 19.6 Å². The van der Waals surface area contributed by atoms with Gasteiger partial charge in [-0.15, -0.1) is 0 Å². The molecule has 0 aliphatic carbocycles. The first-order chi connectivity index (χ1) is 12.1. The number of carbonyl (C=O) groups is 1. The Morgan fingerprint density at radius 2 is 2.12 bits per heavy atom. The number of nitrogens with one attached hydrogen (secondary N) is 2. The van der Waals surface area contributed by atoms with Crippen molar-refractivity contribution in [1.29, 1.82) is 0 Å². The number of rotatable bonds is 6. The predicted molar refractivity (Wildman–Crippen MR) is 97.0 cm³/mol. The van der Waals surface area contributed by atoms with Crippen LogP contribution in [-0.2, 0) is 17.8 Å². The first-order valence-electron chi connectivity index (χ1n) is 8.15. The van der Waals surface area contributed by atoms with Crippen LogP contribution in [0.25, 0.3) is 10.9 Å². The lowest BCUT2D eigenvalue weighted by atomic mass is 10.1. The van der Waals surface area contributed by atoms with Gasteiger partial charge in [0.2, 0.25) is 11.3 Å². The summed E-state index contributed by atoms with van der Waals surface area (Å²) in [5.74, 6) is 0.130. The van der Waals surface area contributed by atoms with Crippen molar-refractivity contribution in [2.24, 2.45) is 0 Å². The van der Waals surface area contributed by atoms with E-state index in [9.17, 15) is 9.59 Å². The monoisotopic (exact) mass is 339 g/mol. The van der Waals surface area contributed by atoms with Crippen LogP contribution in [0.15, 0.2) is 47.5 Å². The van der Waals surface area contributed by atoms with Gasteiger partial charge in [-0.2, -0.15) is 0 Å². The highest BCUT2D eigenvalue weighted by Gasteiger charge is 2.08. The Kier molecular flexibility index (Phi) is 4.88. The SMILES string of the molecule is COc1cn(CC(=O)NCCc2c[nH]c3ccccc23)c(C)cc1=O. The van der Waals surface area contributed by atoms with Crippen LogP contribution < -0.4 is 15.5 Å². The molecule has 25 heavy (non-hydrogen) atoms. The average molecular weight is 339 g/mol. The maximum atomic E-state index is 12.2. The van der Waals surface area contributed by atoms with Crippen LogP contribution in [0.2, 0.25) is 0 Å². The second-order valence-electron chi connectivity index (χ2n) is 5.93. The number of H-pyrrole nitrogens is 1. The first-order valence-corrected chi connectivity index (χ1v) is 8.15. The summed E-state index contributed by atoms with van der Waals surface area (Å²) in [6.45, 7) is 2.49. The fraction of sp³-hybridized carbons (Fsp3) is 0.263. The summed E-state index contributed by atoms with van der Waals surface area (Å²) in [5, 5.41) is 4.10. The molecule has 0 bridgehead atoms. The van der Waals surface area contributed by atoms with Gasteiger partial charge in [-0.25, -0.2) is 0 Å². The van der Waals surface area contributed by atoms with Crippen LogP contribution in [0.3, 0.4) is 0 Å². The van der Waals surface area contributed by atoms with Crippen LogP contribution in [-0.4, -0.2) is 29.1 Å². The number of hydrogen-bond acceptors (Lipinski definition) is 3. The van der Waals surface area contributed by atoms with Crippen molar-refractivity contribution in [3.8, 4) is 5.75 Å².